The summed E-state index contributed by atoms with van der Waals surface area (Å²) in [5.74, 6) is -0.135. The summed E-state index contributed by atoms with van der Waals surface area (Å²) in [4.78, 5) is 11.7. The number of nitrogens with zero attached hydrogens (tertiary/aromatic N) is 3. The van der Waals surface area contributed by atoms with E-state index in [-0.39, 0.29) is 5.91 Å². The van der Waals surface area contributed by atoms with Crippen molar-refractivity contribution < 1.29 is 4.79 Å². The zero-order valence-corrected chi connectivity index (χ0v) is 11.3. The Morgan fingerprint density at radius 1 is 1.53 bits per heavy atom. The fourth-order valence-electron chi connectivity index (χ4n) is 1.81. The van der Waals surface area contributed by atoms with Gasteiger partial charge in [0.1, 0.15) is 0 Å². The number of carbonyl (C=O) groups is 1. The third kappa shape index (κ3) is 3.09. The number of hydrogen-bond acceptors (Lipinski definition) is 3. The molecule has 2 heterocycles. The van der Waals surface area contributed by atoms with Crippen molar-refractivity contribution in [3.05, 3.63) is 41.0 Å². The van der Waals surface area contributed by atoms with Crippen molar-refractivity contribution in [3.63, 3.8) is 0 Å². The van der Waals surface area contributed by atoms with Crippen LogP contribution in [0.15, 0.2) is 18.5 Å². The first-order valence-corrected chi connectivity index (χ1v) is 6.01. The van der Waals surface area contributed by atoms with E-state index in [1.165, 1.54) is 6.08 Å². The maximum Gasteiger partial charge on any atom is 0.244 e. The van der Waals surface area contributed by atoms with Crippen LogP contribution in [0.4, 0.5) is 0 Å². The summed E-state index contributed by atoms with van der Waals surface area (Å²) in [7, 11) is 1.89. The molecule has 0 aromatic carbocycles. The Balaban J connectivity index is 1.96. The smallest absolute Gasteiger partial charge is 0.244 e. The van der Waals surface area contributed by atoms with Gasteiger partial charge < -0.3 is 5.32 Å². The highest BCUT2D eigenvalue weighted by Crippen LogP contribution is 2.13. The summed E-state index contributed by atoms with van der Waals surface area (Å²) in [5, 5.41) is 13.6. The number of aryl methyl sites for hydroxylation is 2. The zero-order chi connectivity index (χ0) is 13.8. The van der Waals surface area contributed by atoms with Crippen molar-refractivity contribution in [3.8, 4) is 0 Å². The van der Waals surface area contributed by atoms with Crippen LogP contribution in [-0.4, -0.2) is 25.9 Å². The highest BCUT2D eigenvalue weighted by atomic mass is 16.1. The van der Waals surface area contributed by atoms with Gasteiger partial charge in [0.25, 0.3) is 0 Å². The van der Waals surface area contributed by atoms with Crippen LogP contribution in [0.25, 0.3) is 6.08 Å². The lowest BCUT2D eigenvalue weighted by atomic mass is 10.2. The summed E-state index contributed by atoms with van der Waals surface area (Å²) in [6, 6.07) is 0. The standard InChI is InChI=1S/C13H17N5O/c1-9-12(10(2)18(3)17-9)4-5-13(19)14-6-11-7-15-16-8-11/h4-5,7-8H,6H2,1-3H3,(H,14,19)(H,15,16)/b5-4+. The summed E-state index contributed by atoms with van der Waals surface area (Å²) in [5.41, 5.74) is 3.88. The summed E-state index contributed by atoms with van der Waals surface area (Å²) in [6.07, 6.45) is 6.75. The van der Waals surface area contributed by atoms with Crippen molar-refractivity contribution in [2.75, 3.05) is 0 Å². The van der Waals surface area contributed by atoms with Crippen molar-refractivity contribution in [1.29, 1.82) is 0 Å². The van der Waals surface area contributed by atoms with Crippen LogP contribution in [-0.2, 0) is 18.4 Å². The van der Waals surface area contributed by atoms with Gasteiger partial charge in [0, 0.05) is 42.7 Å². The number of aromatic amines is 1. The fourth-order valence-corrected chi connectivity index (χ4v) is 1.81. The van der Waals surface area contributed by atoms with Crippen LogP contribution in [0.1, 0.15) is 22.5 Å². The number of carbonyl (C=O) groups excluding carboxylic acids is 1. The SMILES string of the molecule is Cc1nn(C)c(C)c1/C=C/C(=O)NCc1cn[nH]c1. The second-order valence-corrected chi connectivity index (χ2v) is 4.37. The molecular formula is C13H17N5O. The highest BCUT2D eigenvalue weighted by molar-refractivity contribution is 5.91. The summed E-state index contributed by atoms with van der Waals surface area (Å²) >= 11 is 0. The van der Waals surface area contributed by atoms with Crippen LogP contribution in [0, 0.1) is 13.8 Å². The Kier molecular flexibility index (Phi) is 3.79. The lowest BCUT2D eigenvalue weighted by Gasteiger charge is -1.99. The molecule has 19 heavy (non-hydrogen) atoms. The molecule has 0 fully saturated rings. The van der Waals surface area contributed by atoms with E-state index >= 15 is 0 Å². The van der Waals surface area contributed by atoms with Crippen molar-refractivity contribution in [2.24, 2.45) is 7.05 Å². The number of amides is 1. The van der Waals surface area contributed by atoms with Crippen LogP contribution in [0.3, 0.4) is 0 Å². The number of H-pyrrole nitrogens is 1. The summed E-state index contributed by atoms with van der Waals surface area (Å²) in [6.45, 7) is 4.36. The molecule has 0 aliphatic carbocycles. The molecule has 0 spiro atoms. The second kappa shape index (κ2) is 5.51. The second-order valence-electron chi connectivity index (χ2n) is 4.37. The maximum atomic E-state index is 11.7. The third-order valence-corrected chi connectivity index (χ3v) is 2.99. The molecule has 2 rings (SSSR count). The van der Waals surface area contributed by atoms with Gasteiger partial charge in [0.15, 0.2) is 0 Å². The number of rotatable bonds is 4. The van der Waals surface area contributed by atoms with Gasteiger partial charge in [-0.1, -0.05) is 0 Å². The lowest BCUT2D eigenvalue weighted by molar-refractivity contribution is -0.116. The monoisotopic (exact) mass is 259 g/mol. The van der Waals surface area contributed by atoms with Gasteiger partial charge in [-0.2, -0.15) is 10.2 Å². The Hall–Kier alpha value is -2.37. The van der Waals surface area contributed by atoms with Crippen molar-refractivity contribution in [1.82, 2.24) is 25.3 Å². The predicted octanol–water partition coefficient (Wildman–Crippen LogP) is 1.09. The first-order valence-electron chi connectivity index (χ1n) is 6.01. The minimum Gasteiger partial charge on any atom is -0.348 e. The lowest BCUT2D eigenvalue weighted by Crippen LogP contribution is -2.19. The third-order valence-electron chi connectivity index (χ3n) is 2.99. The van der Waals surface area contributed by atoms with Gasteiger partial charge >= 0.3 is 0 Å². The molecule has 0 saturated carbocycles. The number of aromatic nitrogens is 4. The molecule has 2 N–H and O–H groups in total. The highest BCUT2D eigenvalue weighted by Gasteiger charge is 2.06. The number of hydrogen-bond donors (Lipinski definition) is 2. The van der Waals surface area contributed by atoms with E-state index in [4.69, 9.17) is 0 Å². The van der Waals surface area contributed by atoms with Gasteiger partial charge in [-0.15, -0.1) is 0 Å². The normalized spacial score (nSPS) is 11.1. The van der Waals surface area contributed by atoms with E-state index in [0.717, 1.165) is 22.5 Å². The van der Waals surface area contributed by atoms with E-state index in [1.54, 1.807) is 23.2 Å². The van der Waals surface area contributed by atoms with Crippen LogP contribution in [0.5, 0.6) is 0 Å². The number of nitrogens with one attached hydrogen (secondary N) is 2. The van der Waals surface area contributed by atoms with Gasteiger partial charge in [-0.3, -0.25) is 14.6 Å². The molecule has 0 bridgehead atoms. The molecule has 0 unspecified atom stereocenters. The van der Waals surface area contributed by atoms with Crippen molar-refractivity contribution >= 4 is 12.0 Å². The molecule has 1 amide bonds. The molecule has 0 saturated heterocycles. The average Bonchev–Trinajstić information content (AvgIpc) is 2.96. The Bertz CT molecular complexity index is 595. The topological polar surface area (TPSA) is 75.6 Å². The van der Waals surface area contributed by atoms with E-state index in [9.17, 15) is 4.79 Å². The van der Waals surface area contributed by atoms with Crippen LogP contribution >= 0.6 is 0 Å². The molecular weight excluding hydrogens is 242 g/mol. The molecule has 0 atom stereocenters. The van der Waals surface area contributed by atoms with Gasteiger partial charge in [0.2, 0.25) is 5.91 Å². The largest absolute Gasteiger partial charge is 0.348 e. The molecule has 0 aliphatic heterocycles. The van der Waals surface area contributed by atoms with E-state index < -0.39 is 0 Å². The zero-order valence-electron chi connectivity index (χ0n) is 11.3. The van der Waals surface area contributed by atoms with Gasteiger partial charge in [-0.05, 0) is 19.9 Å². The molecule has 2 aromatic heterocycles. The average molecular weight is 259 g/mol. The Morgan fingerprint density at radius 3 is 2.89 bits per heavy atom. The molecule has 2 aromatic rings. The van der Waals surface area contributed by atoms with Crippen LogP contribution < -0.4 is 5.32 Å². The van der Waals surface area contributed by atoms with Gasteiger partial charge in [-0.25, -0.2) is 0 Å². The quantitative estimate of drug-likeness (QED) is 0.807. The Labute approximate surface area is 111 Å². The van der Waals surface area contributed by atoms with E-state index in [0.29, 0.717) is 6.54 Å². The van der Waals surface area contributed by atoms with Gasteiger partial charge in [0.05, 0.1) is 11.9 Å². The van der Waals surface area contributed by atoms with E-state index in [1.807, 2.05) is 20.9 Å². The summed E-state index contributed by atoms with van der Waals surface area (Å²) < 4.78 is 1.80. The van der Waals surface area contributed by atoms with E-state index in [2.05, 4.69) is 20.6 Å². The molecule has 6 heteroatoms. The molecule has 6 nitrogen and oxygen atoms in total. The molecule has 0 radical (unpaired) electrons. The predicted molar refractivity (Wildman–Crippen MR) is 72.2 cm³/mol. The first kappa shape index (κ1) is 13.1. The molecule has 100 valence electrons. The van der Waals surface area contributed by atoms with Crippen molar-refractivity contribution in [2.45, 2.75) is 20.4 Å². The Morgan fingerprint density at radius 2 is 2.32 bits per heavy atom. The minimum absolute atomic E-state index is 0.135. The minimum atomic E-state index is -0.135. The van der Waals surface area contributed by atoms with Crippen LogP contribution in [0.2, 0.25) is 0 Å². The first-order chi connectivity index (χ1) is 9.08. The molecule has 0 aliphatic rings. The maximum absolute atomic E-state index is 11.7. The fraction of sp³-hybridized carbons (Fsp3) is 0.308.